The van der Waals surface area contributed by atoms with E-state index in [2.05, 4.69) is 17.1 Å². The number of hydrogen-bond donors (Lipinski definition) is 2. The number of ketones is 1. The molecule has 0 radical (unpaired) electrons. The molecule has 0 aliphatic carbocycles. The number of hydrogen-bond acceptors (Lipinski definition) is 9. The van der Waals surface area contributed by atoms with Gasteiger partial charge in [-0.15, -0.1) is 11.3 Å². The summed E-state index contributed by atoms with van der Waals surface area (Å²) in [5, 5.41) is 14.0. The highest BCUT2D eigenvalue weighted by molar-refractivity contribution is 7.15. The first-order chi connectivity index (χ1) is 23.0. The fraction of sp³-hybridized carbons (Fsp3) is 0.351. The van der Waals surface area contributed by atoms with E-state index in [-0.39, 0.29) is 18.3 Å². The third-order valence-electron chi connectivity index (χ3n) is 7.89. The lowest BCUT2D eigenvalue weighted by Crippen LogP contribution is -2.50. The molecule has 1 aliphatic heterocycles. The molecule has 2 heterocycles. The molecule has 1 saturated heterocycles. The standard InChI is InChI=1S/C37H42N4O6S/c1-25-30(39-35(48-25)40-19-21-41(22-20-40)36(45)47-37(2,3)4)18-23-46-28-16-14-26(15-17-28)24-32(34(43)44)38-31-13-9-8-12-29(31)33(42)27-10-6-5-7-11-27/h5-17,32,38H,18-24H2,1-4H3,(H,43,44)/t32-/m0/s1. The largest absolute Gasteiger partial charge is 0.493 e. The Bertz CT molecular complexity index is 1710. The number of carbonyl (C=O) groups is 3. The van der Waals surface area contributed by atoms with Crippen molar-refractivity contribution in [2.24, 2.45) is 0 Å². The molecule has 5 rings (SSSR count). The van der Waals surface area contributed by atoms with Gasteiger partial charge in [-0.25, -0.2) is 14.6 Å². The number of aliphatic carboxylic acids is 1. The number of aryl methyl sites for hydroxylation is 1. The summed E-state index contributed by atoms with van der Waals surface area (Å²) in [5.41, 5.74) is 2.72. The van der Waals surface area contributed by atoms with Crippen LogP contribution in [0.15, 0.2) is 78.9 Å². The fourth-order valence-electron chi connectivity index (χ4n) is 5.35. The zero-order valence-electron chi connectivity index (χ0n) is 27.8. The molecular weight excluding hydrogens is 628 g/mol. The smallest absolute Gasteiger partial charge is 0.410 e. The number of carbonyl (C=O) groups excluding carboxylic acids is 2. The van der Waals surface area contributed by atoms with Gasteiger partial charge in [-0.2, -0.15) is 0 Å². The molecule has 1 aliphatic rings. The summed E-state index contributed by atoms with van der Waals surface area (Å²) in [7, 11) is 0. The average Bonchev–Trinajstić information content (AvgIpc) is 3.44. The van der Waals surface area contributed by atoms with Crippen LogP contribution in [0.3, 0.4) is 0 Å². The molecule has 1 fully saturated rings. The van der Waals surface area contributed by atoms with Crippen molar-refractivity contribution in [1.29, 1.82) is 0 Å². The highest BCUT2D eigenvalue weighted by atomic mass is 32.1. The number of rotatable bonds is 12. The van der Waals surface area contributed by atoms with Crippen molar-refractivity contribution in [2.45, 2.75) is 52.2 Å². The Morgan fingerprint density at radius 1 is 0.938 bits per heavy atom. The number of carboxylic acid groups (broad SMARTS) is 1. The van der Waals surface area contributed by atoms with Gasteiger partial charge in [0.15, 0.2) is 10.9 Å². The second kappa shape index (κ2) is 15.3. The molecule has 11 heteroatoms. The first-order valence-electron chi connectivity index (χ1n) is 16.1. The van der Waals surface area contributed by atoms with E-state index >= 15 is 0 Å². The van der Waals surface area contributed by atoms with Gasteiger partial charge in [-0.3, -0.25) is 4.79 Å². The Kier molecular flexibility index (Phi) is 11.0. The molecule has 3 aromatic carbocycles. The summed E-state index contributed by atoms with van der Waals surface area (Å²) < 4.78 is 11.5. The first kappa shape index (κ1) is 34.4. The Hall–Kier alpha value is -4.90. The Morgan fingerprint density at radius 2 is 1.60 bits per heavy atom. The van der Waals surface area contributed by atoms with Crippen molar-refractivity contribution in [3.63, 3.8) is 0 Å². The van der Waals surface area contributed by atoms with Crippen LogP contribution in [0.25, 0.3) is 0 Å². The maximum absolute atomic E-state index is 13.1. The molecule has 2 N–H and O–H groups in total. The van der Waals surface area contributed by atoms with Gasteiger partial charge in [0.25, 0.3) is 0 Å². The Labute approximate surface area is 285 Å². The van der Waals surface area contributed by atoms with Crippen LogP contribution in [0.2, 0.25) is 0 Å². The normalized spacial score (nSPS) is 13.9. The predicted molar refractivity (Wildman–Crippen MR) is 188 cm³/mol. The monoisotopic (exact) mass is 670 g/mol. The van der Waals surface area contributed by atoms with Crippen LogP contribution in [0.1, 0.15) is 52.8 Å². The quantitative estimate of drug-likeness (QED) is 0.163. The Morgan fingerprint density at radius 3 is 2.27 bits per heavy atom. The lowest BCUT2D eigenvalue weighted by atomic mass is 10.00. The molecule has 48 heavy (non-hydrogen) atoms. The van der Waals surface area contributed by atoms with Crippen LogP contribution in [0.4, 0.5) is 15.6 Å². The number of piperazine rings is 1. The molecule has 1 amide bonds. The van der Waals surface area contributed by atoms with E-state index in [9.17, 15) is 19.5 Å². The number of benzene rings is 3. The second-order valence-corrected chi connectivity index (χ2v) is 13.9. The Balaban J connectivity index is 1.12. The van der Waals surface area contributed by atoms with Crippen LogP contribution in [-0.4, -0.2) is 77.3 Å². The van der Waals surface area contributed by atoms with Crippen LogP contribution in [-0.2, 0) is 22.4 Å². The minimum Gasteiger partial charge on any atom is -0.493 e. The van der Waals surface area contributed by atoms with Crippen LogP contribution < -0.4 is 15.0 Å². The van der Waals surface area contributed by atoms with Crippen molar-refractivity contribution in [3.8, 4) is 5.75 Å². The maximum atomic E-state index is 13.1. The number of nitrogens with zero attached hydrogens (tertiary/aromatic N) is 3. The molecule has 1 aromatic heterocycles. The van der Waals surface area contributed by atoms with Crippen LogP contribution in [0.5, 0.6) is 5.75 Å². The van der Waals surface area contributed by atoms with Crippen molar-refractivity contribution >= 4 is 40.0 Å². The van der Waals surface area contributed by atoms with Gasteiger partial charge in [0, 0.05) is 60.7 Å². The van der Waals surface area contributed by atoms with Gasteiger partial charge in [0.1, 0.15) is 17.4 Å². The van der Waals surface area contributed by atoms with Crippen molar-refractivity contribution in [2.75, 3.05) is 43.0 Å². The van der Waals surface area contributed by atoms with E-state index in [0.717, 1.165) is 21.3 Å². The zero-order chi connectivity index (χ0) is 34.3. The van der Waals surface area contributed by atoms with E-state index in [4.69, 9.17) is 14.5 Å². The second-order valence-electron chi connectivity index (χ2n) is 12.7. The van der Waals surface area contributed by atoms with Crippen molar-refractivity contribution < 1.29 is 29.0 Å². The van der Waals surface area contributed by atoms with Crippen LogP contribution in [0, 0.1) is 6.92 Å². The highest BCUT2D eigenvalue weighted by Gasteiger charge is 2.27. The third kappa shape index (κ3) is 9.13. The summed E-state index contributed by atoms with van der Waals surface area (Å²) >= 11 is 1.65. The average molecular weight is 671 g/mol. The lowest BCUT2D eigenvalue weighted by Gasteiger charge is -2.35. The maximum Gasteiger partial charge on any atom is 0.410 e. The molecule has 0 spiro atoms. The summed E-state index contributed by atoms with van der Waals surface area (Å²) in [6.07, 6.45) is 0.587. The number of anilines is 2. The first-order valence-corrected chi connectivity index (χ1v) is 16.9. The molecule has 10 nitrogen and oxygen atoms in total. The third-order valence-corrected chi connectivity index (χ3v) is 8.96. The van der Waals surface area contributed by atoms with Crippen molar-refractivity contribution in [1.82, 2.24) is 9.88 Å². The van der Waals surface area contributed by atoms with Gasteiger partial charge >= 0.3 is 12.1 Å². The van der Waals surface area contributed by atoms with E-state index < -0.39 is 17.6 Å². The molecule has 1 atom stereocenters. The van der Waals surface area contributed by atoms with E-state index in [1.807, 2.05) is 51.1 Å². The van der Waals surface area contributed by atoms with E-state index in [1.165, 1.54) is 0 Å². The number of para-hydroxylation sites is 1. The minimum absolute atomic E-state index is 0.175. The summed E-state index contributed by atoms with van der Waals surface area (Å²) in [6.45, 7) is 10.7. The minimum atomic E-state index is -1.01. The molecular formula is C37H42N4O6S. The van der Waals surface area contributed by atoms with Gasteiger partial charge in [0.05, 0.1) is 12.3 Å². The molecule has 0 bridgehead atoms. The summed E-state index contributed by atoms with van der Waals surface area (Å²) in [5.74, 6) is -0.504. The van der Waals surface area contributed by atoms with E-state index in [1.54, 1.807) is 64.8 Å². The van der Waals surface area contributed by atoms with E-state index in [0.29, 0.717) is 61.8 Å². The van der Waals surface area contributed by atoms with Crippen LogP contribution >= 0.6 is 11.3 Å². The number of nitrogens with one attached hydrogen (secondary N) is 1. The zero-order valence-corrected chi connectivity index (χ0v) is 28.6. The molecule has 4 aromatic rings. The number of carboxylic acids is 1. The molecule has 0 unspecified atom stereocenters. The highest BCUT2D eigenvalue weighted by Crippen LogP contribution is 2.28. The SMILES string of the molecule is Cc1sc(N2CCN(C(=O)OC(C)(C)C)CC2)nc1CCOc1ccc(C[C@H](Nc2ccccc2C(=O)c2ccccc2)C(=O)O)cc1. The number of ether oxygens (including phenoxy) is 2. The fourth-order valence-corrected chi connectivity index (χ4v) is 6.36. The number of aromatic nitrogens is 1. The number of amides is 1. The van der Waals surface area contributed by atoms with Gasteiger partial charge in [-0.1, -0.05) is 54.6 Å². The predicted octanol–water partition coefficient (Wildman–Crippen LogP) is 6.47. The lowest BCUT2D eigenvalue weighted by molar-refractivity contribution is -0.137. The van der Waals surface area contributed by atoms with Gasteiger partial charge in [0.2, 0.25) is 0 Å². The van der Waals surface area contributed by atoms with Crippen molar-refractivity contribution in [3.05, 3.63) is 106 Å². The number of thiazole rings is 1. The summed E-state index contributed by atoms with van der Waals surface area (Å²) in [6, 6.07) is 22.3. The molecule has 0 saturated carbocycles. The van der Waals surface area contributed by atoms with Gasteiger partial charge in [-0.05, 0) is 57.5 Å². The molecule has 252 valence electrons. The topological polar surface area (TPSA) is 121 Å². The summed E-state index contributed by atoms with van der Waals surface area (Å²) in [4.78, 5) is 47.7. The van der Waals surface area contributed by atoms with Gasteiger partial charge < -0.3 is 29.7 Å².